The summed E-state index contributed by atoms with van der Waals surface area (Å²) in [6.45, 7) is 5.06. The molecule has 1 atom stereocenters. The van der Waals surface area contributed by atoms with Crippen LogP contribution >= 0.6 is 0 Å². The molecule has 0 radical (unpaired) electrons. The number of hydrogen-bond donors (Lipinski definition) is 1. The standard InChI is InChI=1S/C22H26FN3O5/c1-4-31-21-11-16(18(26(28)29)12-20(21)30-3)22(27)24-15-6-5-9-25(13-15)19-10-14(2)7-8-17(19)23/h7-8,10-12,15H,4-6,9,13H2,1-3H3,(H,24,27). The van der Waals surface area contributed by atoms with E-state index in [4.69, 9.17) is 9.47 Å². The molecule has 2 aromatic rings. The molecule has 2 aromatic carbocycles. The molecular formula is C22H26FN3O5. The number of aryl methyl sites for hydroxylation is 1. The molecule has 3 rings (SSSR count). The van der Waals surface area contributed by atoms with Crippen molar-refractivity contribution in [2.24, 2.45) is 0 Å². The van der Waals surface area contributed by atoms with E-state index in [2.05, 4.69) is 5.32 Å². The first-order valence-electron chi connectivity index (χ1n) is 10.1. The molecule has 1 unspecified atom stereocenters. The van der Waals surface area contributed by atoms with Crippen molar-refractivity contribution in [3.05, 3.63) is 57.4 Å². The van der Waals surface area contributed by atoms with Crippen molar-refractivity contribution in [2.75, 3.05) is 31.7 Å². The van der Waals surface area contributed by atoms with Gasteiger partial charge >= 0.3 is 0 Å². The van der Waals surface area contributed by atoms with Gasteiger partial charge in [-0.25, -0.2) is 4.39 Å². The summed E-state index contributed by atoms with van der Waals surface area (Å²) in [4.78, 5) is 25.8. The molecule has 0 saturated carbocycles. The number of rotatable bonds is 7. The molecule has 0 aromatic heterocycles. The van der Waals surface area contributed by atoms with Gasteiger partial charge in [0.15, 0.2) is 11.5 Å². The molecule has 0 spiro atoms. The molecule has 1 aliphatic rings. The zero-order chi connectivity index (χ0) is 22.5. The van der Waals surface area contributed by atoms with Crippen molar-refractivity contribution in [1.82, 2.24) is 5.32 Å². The molecule has 0 aliphatic carbocycles. The first-order chi connectivity index (χ1) is 14.8. The highest BCUT2D eigenvalue weighted by molar-refractivity contribution is 5.99. The number of nitro benzene ring substituents is 1. The summed E-state index contributed by atoms with van der Waals surface area (Å²) >= 11 is 0. The van der Waals surface area contributed by atoms with Gasteiger partial charge in [-0.15, -0.1) is 0 Å². The number of carbonyl (C=O) groups excluding carboxylic acids is 1. The number of ether oxygens (including phenoxy) is 2. The summed E-state index contributed by atoms with van der Waals surface area (Å²) in [5, 5.41) is 14.4. The Kier molecular flexibility index (Phi) is 6.94. The quantitative estimate of drug-likeness (QED) is 0.529. The normalized spacial score (nSPS) is 16.0. The lowest BCUT2D eigenvalue weighted by Crippen LogP contribution is -2.48. The number of halogens is 1. The van der Waals surface area contributed by atoms with Gasteiger partial charge in [-0.3, -0.25) is 14.9 Å². The fourth-order valence-corrected chi connectivity index (χ4v) is 3.75. The van der Waals surface area contributed by atoms with E-state index in [-0.39, 0.29) is 34.6 Å². The number of amides is 1. The number of carbonyl (C=O) groups is 1. The van der Waals surface area contributed by atoms with Crippen molar-refractivity contribution >= 4 is 17.3 Å². The van der Waals surface area contributed by atoms with Crippen LogP contribution in [0.4, 0.5) is 15.8 Å². The Morgan fingerprint density at radius 1 is 1.32 bits per heavy atom. The van der Waals surface area contributed by atoms with E-state index in [1.165, 1.54) is 25.3 Å². The van der Waals surface area contributed by atoms with Gasteiger partial charge in [-0.05, 0) is 44.4 Å². The second kappa shape index (κ2) is 9.63. The third kappa shape index (κ3) is 5.04. The second-order valence-electron chi connectivity index (χ2n) is 7.42. The summed E-state index contributed by atoms with van der Waals surface area (Å²) in [5.74, 6) is -0.451. The Bertz CT molecular complexity index is 982. The number of hydrogen-bond acceptors (Lipinski definition) is 6. The topological polar surface area (TPSA) is 93.9 Å². The average molecular weight is 431 g/mol. The monoisotopic (exact) mass is 431 g/mol. The van der Waals surface area contributed by atoms with E-state index in [1.54, 1.807) is 19.1 Å². The lowest BCUT2D eigenvalue weighted by atomic mass is 10.0. The van der Waals surface area contributed by atoms with Crippen LogP contribution in [0.2, 0.25) is 0 Å². The Morgan fingerprint density at radius 2 is 2.10 bits per heavy atom. The zero-order valence-corrected chi connectivity index (χ0v) is 17.8. The van der Waals surface area contributed by atoms with Crippen molar-refractivity contribution in [2.45, 2.75) is 32.7 Å². The number of benzene rings is 2. The van der Waals surface area contributed by atoms with Gasteiger partial charge in [0.05, 0.1) is 30.4 Å². The van der Waals surface area contributed by atoms with Crippen LogP contribution in [0, 0.1) is 22.9 Å². The van der Waals surface area contributed by atoms with Crippen LogP contribution in [-0.4, -0.2) is 43.7 Å². The van der Waals surface area contributed by atoms with Crippen LogP contribution in [0.3, 0.4) is 0 Å². The van der Waals surface area contributed by atoms with Gasteiger partial charge in [0.2, 0.25) is 0 Å². The Labute approximate surface area is 180 Å². The highest BCUT2D eigenvalue weighted by Gasteiger charge is 2.28. The number of nitro groups is 1. The lowest BCUT2D eigenvalue weighted by Gasteiger charge is -2.35. The Hall–Kier alpha value is -3.36. The number of methoxy groups -OCH3 is 1. The number of anilines is 1. The Balaban J connectivity index is 1.82. The third-order valence-corrected chi connectivity index (χ3v) is 5.22. The van der Waals surface area contributed by atoms with E-state index in [0.717, 1.165) is 12.0 Å². The van der Waals surface area contributed by atoms with Crippen LogP contribution in [0.25, 0.3) is 0 Å². The largest absolute Gasteiger partial charge is 0.493 e. The summed E-state index contributed by atoms with van der Waals surface area (Å²) in [6.07, 6.45) is 1.45. The van der Waals surface area contributed by atoms with Crippen LogP contribution in [0.5, 0.6) is 11.5 Å². The molecule has 1 aliphatic heterocycles. The van der Waals surface area contributed by atoms with Crippen LogP contribution in [-0.2, 0) is 0 Å². The molecule has 1 N–H and O–H groups in total. The number of piperidine rings is 1. The van der Waals surface area contributed by atoms with Gasteiger partial charge in [0, 0.05) is 25.2 Å². The van der Waals surface area contributed by atoms with Crippen molar-refractivity contribution in [3.63, 3.8) is 0 Å². The maximum atomic E-state index is 14.3. The SMILES string of the molecule is CCOc1cc(C(=O)NC2CCCN(c3cc(C)ccc3F)C2)c([N+](=O)[O-])cc1OC. The molecule has 31 heavy (non-hydrogen) atoms. The molecule has 1 heterocycles. The maximum absolute atomic E-state index is 14.3. The van der Waals surface area contributed by atoms with Crippen LogP contribution in [0.15, 0.2) is 30.3 Å². The highest BCUT2D eigenvalue weighted by atomic mass is 19.1. The smallest absolute Gasteiger partial charge is 0.286 e. The molecular weight excluding hydrogens is 405 g/mol. The zero-order valence-electron chi connectivity index (χ0n) is 17.8. The maximum Gasteiger partial charge on any atom is 0.286 e. The minimum absolute atomic E-state index is 0.104. The first kappa shape index (κ1) is 22.3. The summed E-state index contributed by atoms with van der Waals surface area (Å²) in [7, 11) is 1.38. The molecule has 1 saturated heterocycles. The van der Waals surface area contributed by atoms with Crippen molar-refractivity contribution < 1.29 is 23.6 Å². The van der Waals surface area contributed by atoms with Gasteiger partial charge in [0.25, 0.3) is 11.6 Å². The lowest BCUT2D eigenvalue weighted by molar-refractivity contribution is -0.385. The van der Waals surface area contributed by atoms with Gasteiger partial charge in [-0.2, -0.15) is 0 Å². The number of nitrogens with zero attached hydrogens (tertiary/aromatic N) is 2. The van der Waals surface area contributed by atoms with E-state index >= 15 is 0 Å². The van der Waals surface area contributed by atoms with Crippen LogP contribution < -0.4 is 19.7 Å². The summed E-state index contributed by atoms with van der Waals surface area (Å²) < 4.78 is 24.9. The van der Waals surface area contributed by atoms with Gasteiger partial charge in [0.1, 0.15) is 11.4 Å². The van der Waals surface area contributed by atoms with E-state index < -0.39 is 10.8 Å². The average Bonchev–Trinajstić information content (AvgIpc) is 2.75. The number of nitrogens with one attached hydrogen (secondary N) is 1. The predicted molar refractivity (Wildman–Crippen MR) is 115 cm³/mol. The van der Waals surface area contributed by atoms with Crippen LogP contribution in [0.1, 0.15) is 35.7 Å². The van der Waals surface area contributed by atoms with Gasteiger partial charge in [-0.1, -0.05) is 6.07 Å². The van der Waals surface area contributed by atoms with E-state index in [0.29, 0.717) is 31.8 Å². The van der Waals surface area contributed by atoms with E-state index in [9.17, 15) is 19.3 Å². The second-order valence-corrected chi connectivity index (χ2v) is 7.42. The minimum Gasteiger partial charge on any atom is -0.493 e. The Morgan fingerprint density at radius 3 is 2.77 bits per heavy atom. The van der Waals surface area contributed by atoms with Crippen molar-refractivity contribution in [3.8, 4) is 11.5 Å². The van der Waals surface area contributed by atoms with Gasteiger partial charge < -0.3 is 19.7 Å². The third-order valence-electron chi connectivity index (χ3n) is 5.22. The highest BCUT2D eigenvalue weighted by Crippen LogP contribution is 2.35. The molecule has 0 bridgehead atoms. The first-order valence-corrected chi connectivity index (χ1v) is 10.1. The fourth-order valence-electron chi connectivity index (χ4n) is 3.75. The molecule has 9 heteroatoms. The predicted octanol–water partition coefficient (Wildman–Crippen LogP) is 3.85. The summed E-state index contributed by atoms with van der Waals surface area (Å²) in [6, 6.07) is 7.16. The molecule has 1 amide bonds. The molecule has 1 fully saturated rings. The van der Waals surface area contributed by atoms with E-state index in [1.807, 2.05) is 11.8 Å². The minimum atomic E-state index is -0.623. The molecule has 166 valence electrons. The molecule has 8 nitrogen and oxygen atoms in total. The fraction of sp³-hybridized carbons (Fsp3) is 0.409. The van der Waals surface area contributed by atoms with Crippen molar-refractivity contribution in [1.29, 1.82) is 0 Å². The summed E-state index contributed by atoms with van der Waals surface area (Å²) in [5.41, 5.74) is 0.969.